The average molecular weight is 236 g/mol. The van der Waals surface area contributed by atoms with E-state index in [-0.39, 0.29) is 5.82 Å². The summed E-state index contributed by atoms with van der Waals surface area (Å²) in [6.07, 6.45) is 5.32. The lowest BCUT2D eigenvalue weighted by atomic mass is 10.1. The van der Waals surface area contributed by atoms with Crippen molar-refractivity contribution in [3.05, 3.63) is 29.6 Å². The van der Waals surface area contributed by atoms with Crippen molar-refractivity contribution in [1.29, 1.82) is 0 Å². The summed E-state index contributed by atoms with van der Waals surface area (Å²) in [6.45, 7) is 2.73. The number of anilines is 1. The molecule has 1 aliphatic heterocycles. The number of hydrogen-bond acceptors (Lipinski definition) is 2. The van der Waals surface area contributed by atoms with E-state index in [4.69, 9.17) is 5.73 Å². The smallest absolute Gasteiger partial charge is 0.128 e. The van der Waals surface area contributed by atoms with Crippen LogP contribution in [0.4, 0.5) is 10.1 Å². The molecule has 1 fully saturated rings. The highest BCUT2D eigenvalue weighted by Gasteiger charge is 2.12. The molecule has 0 atom stereocenters. The first-order chi connectivity index (χ1) is 8.31. The van der Waals surface area contributed by atoms with E-state index >= 15 is 0 Å². The second-order valence-corrected chi connectivity index (χ2v) is 4.72. The van der Waals surface area contributed by atoms with E-state index in [2.05, 4.69) is 4.90 Å². The molecule has 1 aliphatic rings. The Balaban J connectivity index is 2.06. The predicted molar refractivity (Wildman–Crippen MR) is 69.8 cm³/mol. The van der Waals surface area contributed by atoms with Crippen molar-refractivity contribution in [3.8, 4) is 0 Å². The molecule has 0 spiro atoms. The zero-order chi connectivity index (χ0) is 12.1. The fraction of sp³-hybridized carbons (Fsp3) is 0.571. The van der Waals surface area contributed by atoms with Crippen LogP contribution in [0.5, 0.6) is 0 Å². The van der Waals surface area contributed by atoms with Gasteiger partial charge in [-0.25, -0.2) is 4.39 Å². The van der Waals surface area contributed by atoms with Crippen molar-refractivity contribution in [1.82, 2.24) is 0 Å². The van der Waals surface area contributed by atoms with Crippen LogP contribution in [0.25, 0.3) is 0 Å². The number of nitrogens with two attached hydrogens (primary N) is 1. The molecule has 0 unspecified atom stereocenters. The first kappa shape index (κ1) is 12.4. The Morgan fingerprint density at radius 2 is 1.94 bits per heavy atom. The van der Waals surface area contributed by atoms with Gasteiger partial charge in [-0.15, -0.1) is 0 Å². The SMILES string of the molecule is NCCCc1ccc(N2CCCCC2)cc1F. The van der Waals surface area contributed by atoms with Gasteiger partial charge < -0.3 is 10.6 Å². The number of piperidine rings is 1. The highest BCUT2D eigenvalue weighted by atomic mass is 19.1. The second kappa shape index (κ2) is 6.01. The van der Waals surface area contributed by atoms with Gasteiger partial charge in [-0.2, -0.15) is 0 Å². The lowest BCUT2D eigenvalue weighted by Crippen LogP contribution is -2.29. The Kier molecular flexibility index (Phi) is 4.37. The summed E-state index contributed by atoms with van der Waals surface area (Å²) in [5, 5.41) is 0. The fourth-order valence-electron chi connectivity index (χ4n) is 2.38. The Labute approximate surface area is 103 Å². The summed E-state index contributed by atoms with van der Waals surface area (Å²) in [5.41, 5.74) is 7.26. The number of hydrogen-bond donors (Lipinski definition) is 1. The van der Waals surface area contributed by atoms with Crippen LogP contribution < -0.4 is 10.6 Å². The zero-order valence-electron chi connectivity index (χ0n) is 10.3. The summed E-state index contributed by atoms with van der Waals surface area (Å²) >= 11 is 0. The van der Waals surface area contributed by atoms with E-state index in [0.29, 0.717) is 6.54 Å². The normalized spacial score (nSPS) is 16.2. The van der Waals surface area contributed by atoms with Gasteiger partial charge in [0.25, 0.3) is 0 Å². The molecule has 0 bridgehead atoms. The maximum absolute atomic E-state index is 13.9. The zero-order valence-corrected chi connectivity index (χ0v) is 10.3. The van der Waals surface area contributed by atoms with Crippen molar-refractivity contribution >= 4 is 5.69 Å². The molecular weight excluding hydrogens is 215 g/mol. The molecule has 1 saturated heterocycles. The molecule has 1 heterocycles. The largest absolute Gasteiger partial charge is 0.371 e. The van der Waals surface area contributed by atoms with E-state index in [1.807, 2.05) is 12.1 Å². The van der Waals surface area contributed by atoms with Crippen molar-refractivity contribution < 1.29 is 4.39 Å². The highest BCUT2D eigenvalue weighted by molar-refractivity contribution is 5.48. The topological polar surface area (TPSA) is 29.3 Å². The fourth-order valence-corrected chi connectivity index (χ4v) is 2.38. The molecule has 1 aromatic rings. The van der Waals surface area contributed by atoms with E-state index in [9.17, 15) is 4.39 Å². The minimum atomic E-state index is -0.0819. The minimum absolute atomic E-state index is 0.0819. The maximum atomic E-state index is 13.9. The van der Waals surface area contributed by atoms with Gasteiger partial charge in [-0.1, -0.05) is 6.07 Å². The van der Waals surface area contributed by atoms with E-state index in [1.54, 1.807) is 6.07 Å². The summed E-state index contributed by atoms with van der Waals surface area (Å²) in [4.78, 5) is 2.28. The van der Waals surface area contributed by atoms with Crippen LogP contribution in [-0.2, 0) is 6.42 Å². The van der Waals surface area contributed by atoms with Crippen LogP contribution in [0.1, 0.15) is 31.2 Å². The highest BCUT2D eigenvalue weighted by Crippen LogP contribution is 2.22. The molecule has 94 valence electrons. The van der Waals surface area contributed by atoms with Gasteiger partial charge >= 0.3 is 0 Å². The van der Waals surface area contributed by atoms with Crippen molar-refractivity contribution in [2.45, 2.75) is 32.1 Å². The lowest BCUT2D eigenvalue weighted by Gasteiger charge is -2.29. The third kappa shape index (κ3) is 3.19. The van der Waals surface area contributed by atoms with E-state index in [1.165, 1.54) is 19.3 Å². The molecule has 0 saturated carbocycles. The molecule has 0 aromatic heterocycles. The molecule has 2 rings (SSSR count). The van der Waals surface area contributed by atoms with Gasteiger partial charge in [0, 0.05) is 18.8 Å². The Morgan fingerprint density at radius 3 is 2.59 bits per heavy atom. The average Bonchev–Trinajstić information content (AvgIpc) is 2.38. The van der Waals surface area contributed by atoms with Gasteiger partial charge in [-0.05, 0) is 56.3 Å². The summed E-state index contributed by atoms with van der Waals surface area (Å²) in [7, 11) is 0. The van der Waals surface area contributed by atoms with Crippen LogP contribution in [0.15, 0.2) is 18.2 Å². The molecule has 0 radical (unpaired) electrons. The first-order valence-electron chi connectivity index (χ1n) is 6.54. The standard InChI is InChI=1S/C14H21FN2/c15-14-11-13(17-9-2-1-3-10-17)7-6-12(14)5-4-8-16/h6-7,11H,1-5,8-10,16H2. The van der Waals surface area contributed by atoms with Gasteiger partial charge in [0.05, 0.1) is 0 Å². The Morgan fingerprint density at radius 1 is 1.18 bits per heavy atom. The van der Waals surface area contributed by atoms with Gasteiger partial charge in [0.15, 0.2) is 0 Å². The second-order valence-electron chi connectivity index (χ2n) is 4.72. The molecule has 17 heavy (non-hydrogen) atoms. The molecule has 1 aromatic carbocycles. The summed E-state index contributed by atoms with van der Waals surface area (Å²) in [5.74, 6) is -0.0819. The number of nitrogens with zero attached hydrogens (tertiary/aromatic N) is 1. The molecular formula is C14H21FN2. The Hall–Kier alpha value is -1.09. The van der Waals surface area contributed by atoms with Crippen LogP contribution in [0, 0.1) is 5.82 Å². The number of aryl methyl sites for hydroxylation is 1. The predicted octanol–water partition coefficient (Wildman–Crippen LogP) is 2.71. The van der Waals surface area contributed by atoms with Crippen molar-refractivity contribution in [2.24, 2.45) is 5.73 Å². The molecule has 0 aliphatic carbocycles. The van der Waals surface area contributed by atoms with Gasteiger partial charge in [0.1, 0.15) is 5.82 Å². The van der Waals surface area contributed by atoms with Gasteiger partial charge in [-0.3, -0.25) is 0 Å². The van der Waals surface area contributed by atoms with Crippen LogP contribution in [-0.4, -0.2) is 19.6 Å². The number of benzene rings is 1. The Bertz CT molecular complexity index is 359. The van der Waals surface area contributed by atoms with Gasteiger partial charge in [0.2, 0.25) is 0 Å². The van der Waals surface area contributed by atoms with Crippen LogP contribution >= 0.6 is 0 Å². The summed E-state index contributed by atoms with van der Waals surface area (Å²) in [6, 6.07) is 5.63. The number of rotatable bonds is 4. The monoisotopic (exact) mass is 236 g/mol. The van der Waals surface area contributed by atoms with Crippen LogP contribution in [0.3, 0.4) is 0 Å². The molecule has 2 nitrogen and oxygen atoms in total. The minimum Gasteiger partial charge on any atom is -0.371 e. The summed E-state index contributed by atoms with van der Waals surface area (Å²) < 4.78 is 13.9. The van der Waals surface area contributed by atoms with E-state index < -0.39 is 0 Å². The quantitative estimate of drug-likeness (QED) is 0.871. The molecule has 3 heteroatoms. The lowest BCUT2D eigenvalue weighted by molar-refractivity contribution is 0.571. The third-order valence-electron chi connectivity index (χ3n) is 3.41. The third-order valence-corrected chi connectivity index (χ3v) is 3.41. The van der Waals surface area contributed by atoms with Crippen molar-refractivity contribution in [2.75, 3.05) is 24.5 Å². The molecule has 0 amide bonds. The molecule has 2 N–H and O–H groups in total. The van der Waals surface area contributed by atoms with Crippen LogP contribution in [0.2, 0.25) is 0 Å². The van der Waals surface area contributed by atoms with E-state index in [0.717, 1.165) is 37.2 Å². The first-order valence-corrected chi connectivity index (χ1v) is 6.54. The number of halogens is 1. The van der Waals surface area contributed by atoms with Crippen molar-refractivity contribution in [3.63, 3.8) is 0 Å². The maximum Gasteiger partial charge on any atom is 0.128 e.